The minimum atomic E-state index is 0.365. The van der Waals surface area contributed by atoms with E-state index in [9.17, 15) is 0 Å². The van der Waals surface area contributed by atoms with Crippen LogP contribution in [0.3, 0.4) is 0 Å². The molecule has 3 nitrogen and oxygen atoms in total. The van der Waals surface area contributed by atoms with Crippen LogP contribution in [0.1, 0.15) is 18.5 Å². The number of aryl methyl sites for hydroxylation is 1. The van der Waals surface area contributed by atoms with E-state index in [1.807, 2.05) is 36.3 Å². The van der Waals surface area contributed by atoms with E-state index in [4.69, 9.17) is 0 Å². The van der Waals surface area contributed by atoms with E-state index in [1.54, 1.807) is 0 Å². The molecule has 0 bridgehead atoms. The number of hydrogen-bond donors (Lipinski definition) is 0. The van der Waals surface area contributed by atoms with E-state index in [0.717, 1.165) is 0 Å². The molecule has 0 fully saturated rings. The van der Waals surface area contributed by atoms with E-state index in [-0.39, 0.29) is 0 Å². The Labute approximate surface area is 77.6 Å². The van der Waals surface area contributed by atoms with Crippen molar-refractivity contribution in [3.63, 3.8) is 0 Å². The largest absolute Gasteiger partial charge is 0.347 e. The standard InChI is InChI=1S/C10H13N3/c1-9(13-5-3-4-6-13)10-7-11-12(2)8-10/h3-9H,1-2H3. The summed E-state index contributed by atoms with van der Waals surface area (Å²) in [4.78, 5) is 0. The first-order chi connectivity index (χ1) is 6.27. The van der Waals surface area contributed by atoms with Gasteiger partial charge in [-0.3, -0.25) is 4.68 Å². The van der Waals surface area contributed by atoms with Crippen LogP contribution in [0.4, 0.5) is 0 Å². The Balaban J connectivity index is 2.28. The van der Waals surface area contributed by atoms with Gasteiger partial charge in [-0.2, -0.15) is 5.10 Å². The van der Waals surface area contributed by atoms with Gasteiger partial charge in [0.1, 0.15) is 0 Å². The average molecular weight is 175 g/mol. The van der Waals surface area contributed by atoms with Gasteiger partial charge < -0.3 is 4.57 Å². The van der Waals surface area contributed by atoms with Crippen LogP contribution < -0.4 is 0 Å². The van der Waals surface area contributed by atoms with Crippen molar-refractivity contribution in [2.24, 2.45) is 7.05 Å². The maximum absolute atomic E-state index is 4.15. The zero-order chi connectivity index (χ0) is 9.26. The Morgan fingerprint density at radius 1 is 1.31 bits per heavy atom. The molecular weight excluding hydrogens is 162 g/mol. The lowest BCUT2D eigenvalue weighted by atomic mass is 10.2. The van der Waals surface area contributed by atoms with E-state index in [0.29, 0.717) is 6.04 Å². The zero-order valence-electron chi connectivity index (χ0n) is 7.88. The van der Waals surface area contributed by atoms with Crippen LogP contribution in [0.25, 0.3) is 0 Å². The fraction of sp³-hybridized carbons (Fsp3) is 0.300. The first-order valence-corrected chi connectivity index (χ1v) is 4.38. The summed E-state index contributed by atoms with van der Waals surface area (Å²) in [6.45, 7) is 2.16. The molecule has 0 saturated carbocycles. The Kier molecular flexibility index (Phi) is 1.93. The first kappa shape index (κ1) is 8.10. The highest BCUT2D eigenvalue weighted by atomic mass is 15.2. The van der Waals surface area contributed by atoms with Gasteiger partial charge in [-0.05, 0) is 19.1 Å². The predicted molar refractivity (Wildman–Crippen MR) is 51.5 cm³/mol. The molecule has 3 heteroatoms. The topological polar surface area (TPSA) is 22.8 Å². The van der Waals surface area contributed by atoms with Gasteiger partial charge in [0.25, 0.3) is 0 Å². The third-order valence-corrected chi connectivity index (χ3v) is 2.28. The van der Waals surface area contributed by atoms with E-state index < -0.39 is 0 Å². The summed E-state index contributed by atoms with van der Waals surface area (Å²) < 4.78 is 3.99. The third kappa shape index (κ3) is 1.49. The molecule has 0 N–H and O–H groups in total. The first-order valence-electron chi connectivity index (χ1n) is 4.38. The molecule has 0 saturated heterocycles. The fourth-order valence-electron chi connectivity index (χ4n) is 1.43. The van der Waals surface area contributed by atoms with Crippen molar-refractivity contribution in [2.45, 2.75) is 13.0 Å². The number of rotatable bonds is 2. The van der Waals surface area contributed by atoms with Gasteiger partial charge in [-0.1, -0.05) is 0 Å². The summed E-state index contributed by atoms with van der Waals surface area (Å²) in [6, 6.07) is 4.43. The Bertz CT molecular complexity index is 373. The van der Waals surface area contributed by atoms with Crippen LogP contribution in [0.5, 0.6) is 0 Å². The molecule has 0 radical (unpaired) electrons. The summed E-state index contributed by atoms with van der Waals surface area (Å²) >= 11 is 0. The molecule has 2 aromatic heterocycles. The molecule has 13 heavy (non-hydrogen) atoms. The Morgan fingerprint density at radius 2 is 2.00 bits per heavy atom. The van der Waals surface area contributed by atoms with Crippen LogP contribution in [-0.4, -0.2) is 14.3 Å². The lowest BCUT2D eigenvalue weighted by Crippen LogP contribution is -2.02. The molecule has 0 aromatic carbocycles. The molecule has 0 aliphatic carbocycles. The van der Waals surface area contributed by atoms with Gasteiger partial charge in [0.05, 0.1) is 12.2 Å². The molecule has 0 aliphatic heterocycles. The second kappa shape index (κ2) is 3.09. The minimum absolute atomic E-state index is 0.365. The molecule has 2 heterocycles. The van der Waals surface area contributed by atoms with Gasteiger partial charge in [0.15, 0.2) is 0 Å². The summed E-state index contributed by atoms with van der Waals surface area (Å²) in [5.41, 5.74) is 1.23. The van der Waals surface area contributed by atoms with Gasteiger partial charge >= 0.3 is 0 Å². The van der Waals surface area contributed by atoms with Crippen LogP contribution in [0.2, 0.25) is 0 Å². The molecule has 0 amide bonds. The molecule has 1 atom stereocenters. The lowest BCUT2D eigenvalue weighted by Gasteiger charge is -2.10. The van der Waals surface area contributed by atoms with E-state index >= 15 is 0 Å². The fourth-order valence-corrected chi connectivity index (χ4v) is 1.43. The summed E-state index contributed by atoms with van der Waals surface area (Å²) in [6.07, 6.45) is 8.09. The molecule has 0 spiro atoms. The van der Waals surface area contributed by atoms with Gasteiger partial charge in [-0.25, -0.2) is 0 Å². The number of nitrogens with zero attached hydrogens (tertiary/aromatic N) is 3. The van der Waals surface area contributed by atoms with Crippen molar-refractivity contribution in [3.8, 4) is 0 Å². The van der Waals surface area contributed by atoms with Crippen molar-refractivity contribution in [2.75, 3.05) is 0 Å². The summed E-state index contributed by atoms with van der Waals surface area (Å²) in [5, 5.41) is 4.15. The van der Waals surface area contributed by atoms with Crippen molar-refractivity contribution >= 4 is 0 Å². The SMILES string of the molecule is CC(c1cnn(C)c1)n1cccc1. The average Bonchev–Trinajstić information content (AvgIpc) is 2.72. The predicted octanol–water partition coefficient (Wildman–Crippen LogP) is 1.83. The van der Waals surface area contributed by atoms with Gasteiger partial charge in [0, 0.05) is 31.2 Å². The Hall–Kier alpha value is -1.51. The molecule has 2 rings (SSSR count). The monoisotopic (exact) mass is 175 g/mol. The smallest absolute Gasteiger partial charge is 0.0582 e. The zero-order valence-corrected chi connectivity index (χ0v) is 7.88. The quantitative estimate of drug-likeness (QED) is 0.682. The van der Waals surface area contributed by atoms with Gasteiger partial charge in [-0.15, -0.1) is 0 Å². The second-order valence-corrected chi connectivity index (χ2v) is 3.25. The summed E-state index contributed by atoms with van der Waals surface area (Å²) in [5.74, 6) is 0. The highest BCUT2D eigenvalue weighted by Crippen LogP contribution is 2.16. The minimum Gasteiger partial charge on any atom is -0.347 e. The lowest BCUT2D eigenvalue weighted by molar-refractivity contribution is 0.642. The van der Waals surface area contributed by atoms with E-state index in [1.165, 1.54) is 5.56 Å². The molecule has 68 valence electrons. The molecule has 0 aliphatic rings. The van der Waals surface area contributed by atoms with Crippen molar-refractivity contribution in [3.05, 3.63) is 42.5 Å². The van der Waals surface area contributed by atoms with Crippen LogP contribution >= 0.6 is 0 Å². The third-order valence-electron chi connectivity index (χ3n) is 2.28. The van der Waals surface area contributed by atoms with E-state index in [2.05, 4.69) is 29.0 Å². The summed E-state index contributed by atoms with van der Waals surface area (Å²) in [7, 11) is 1.94. The number of aromatic nitrogens is 3. The maximum Gasteiger partial charge on any atom is 0.0582 e. The van der Waals surface area contributed by atoms with Crippen LogP contribution in [-0.2, 0) is 7.05 Å². The second-order valence-electron chi connectivity index (χ2n) is 3.25. The molecular formula is C10H13N3. The van der Waals surface area contributed by atoms with Crippen molar-refractivity contribution in [1.82, 2.24) is 14.3 Å². The molecule has 2 aromatic rings. The number of hydrogen-bond acceptors (Lipinski definition) is 1. The van der Waals surface area contributed by atoms with Crippen molar-refractivity contribution < 1.29 is 0 Å². The molecule has 1 unspecified atom stereocenters. The highest BCUT2D eigenvalue weighted by molar-refractivity contribution is 5.12. The Morgan fingerprint density at radius 3 is 2.54 bits per heavy atom. The maximum atomic E-state index is 4.15. The normalized spacial score (nSPS) is 13.1. The van der Waals surface area contributed by atoms with Crippen LogP contribution in [0.15, 0.2) is 36.9 Å². The van der Waals surface area contributed by atoms with Crippen LogP contribution in [0, 0.1) is 0 Å². The van der Waals surface area contributed by atoms with Crippen molar-refractivity contribution in [1.29, 1.82) is 0 Å². The highest BCUT2D eigenvalue weighted by Gasteiger charge is 2.07. The van der Waals surface area contributed by atoms with Gasteiger partial charge in [0.2, 0.25) is 0 Å².